The van der Waals surface area contributed by atoms with E-state index in [0.29, 0.717) is 0 Å². The van der Waals surface area contributed by atoms with Crippen molar-refractivity contribution in [2.45, 2.75) is 32.1 Å². The van der Waals surface area contributed by atoms with Crippen LogP contribution in [0.3, 0.4) is 0 Å². The van der Waals surface area contributed by atoms with E-state index >= 15 is 0 Å². The molecule has 0 nitrogen and oxygen atoms in total. The number of hydrogen-bond acceptors (Lipinski definition) is 0. The molecule has 0 saturated carbocycles. The molecular weight excluding hydrogens is 404 g/mol. The van der Waals surface area contributed by atoms with Gasteiger partial charge >= 0.3 is 0 Å². The Morgan fingerprint density at radius 2 is 1.50 bits per heavy atom. The van der Waals surface area contributed by atoms with Gasteiger partial charge in [-0.15, -0.1) is 0 Å². The van der Waals surface area contributed by atoms with E-state index in [1.807, 2.05) is 0 Å². The van der Waals surface area contributed by atoms with Crippen LogP contribution < -0.4 is 0 Å². The number of halogens is 1. The first kappa shape index (κ1) is 17.7. The molecule has 138 valence electrons. The van der Waals surface area contributed by atoms with Gasteiger partial charge in [-0.25, -0.2) is 0 Å². The van der Waals surface area contributed by atoms with E-state index in [1.54, 1.807) is 0 Å². The van der Waals surface area contributed by atoms with E-state index in [2.05, 4.69) is 109 Å². The lowest BCUT2D eigenvalue weighted by atomic mass is 9.81. The Balaban J connectivity index is 1.67. The van der Waals surface area contributed by atoms with Crippen molar-refractivity contribution in [2.75, 3.05) is 0 Å². The molecule has 0 atom stereocenters. The lowest BCUT2D eigenvalue weighted by Gasteiger charge is -2.22. The van der Waals surface area contributed by atoms with Crippen LogP contribution in [0.25, 0.3) is 27.8 Å². The van der Waals surface area contributed by atoms with Crippen molar-refractivity contribution in [1.82, 2.24) is 0 Å². The fraction of sp³-hybridized carbons (Fsp3) is 0.185. The third-order valence-corrected chi connectivity index (χ3v) is 6.73. The molecule has 3 aromatic rings. The third kappa shape index (κ3) is 2.72. The Morgan fingerprint density at radius 1 is 0.786 bits per heavy atom. The molecule has 0 radical (unpaired) electrons. The van der Waals surface area contributed by atoms with Crippen LogP contribution in [0.5, 0.6) is 0 Å². The van der Waals surface area contributed by atoms with Crippen molar-refractivity contribution < 1.29 is 0 Å². The maximum Gasteiger partial charge on any atom is 0.0178 e. The zero-order valence-electron chi connectivity index (χ0n) is 16.3. The molecule has 3 aromatic carbocycles. The van der Waals surface area contributed by atoms with Crippen LogP contribution in [0.1, 0.15) is 43.4 Å². The first-order chi connectivity index (χ1) is 13.6. The Kier molecular flexibility index (Phi) is 4.17. The van der Waals surface area contributed by atoms with Gasteiger partial charge in [0.2, 0.25) is 0 Å². The predicted octanol–water partition coefficient (Wildman–Crippen LogP) is 8.16. The van der Waals surface area contributed by atoms with Crippen LogP contribution in [-0.2, 0) is 5.41 Å². The molecule has 0 amide bonds. The third-order valence-electron chi connectivity index (χ3n) is 6.24. The van der Waals surface area contributed by atoms with Crippen LogP contribution in [0.15, 0.2) is 83.4 Å². The Bertz CT molecular complexity index is 1140. The lowest BCUT2D eigenvalue weighted by Crippen LogP contribution is -2.15. The number of benzene rings is 3. The summed E-state index contributed by atoms with van der Waals surface area (Å²) < 4.78 is 1.15. The van der Waals surface area contributed by atoms with Gasteiger partial charge in [-0.2, -0.15) is 0 Å². The molecule has 0 saturated heterocycles. The van der Waals surface area contributed by atoms with Crippen molar-refractivity contribution in [3.05, 3.63) is 100 Å². The summed E-state index contributed by atoms with van der Waals surface area (Å²) in [6.45, 7) is 4.68. The quantitative estimate of drug-likeness (QED) is 0.387. The number of hydrogen-bond donors (Lipinski definition) is 0. The minimum absolute atomic E-state index is 0.00619. The maximum atomic E-state index is 3.65. The molecule has 0 unspecified atom stereocenters. The lowest BCUT2D eigenvalue weighted by molar-refractivity contribution is 0.660. The topological polar surface area (TPSA) is 0 Å². The van der Waals surface area contributed by atoms with E-state index in [4.69, 9.17) is 0 Å². The standard InChI is InChI=1S/C27H23Br/c1-27(2)25-16-19(12-14-23(25)24-15-13-20(28)17-26(24)27)22-11-7-6-10-21(22)18-8-4-3-5-9-18/h3-4,6-8,10-17H,5,9H2,1-2H3. The average Bonchev–Trinajstić information content (AvgIpc) is 2.95. The molecule has 2 aliphatic rings. The monoisotopic (exact) mass is 426 g/mol. The van der Waals surface area contributed by atoms with E-state index in [1.165, 1.54) is 44.5 Å². The SMILES string of the molecule is CC1(C)c2cc(Br)ccc2-c2ccc(-c3ccccc3C3=CC=CCC3)cc21. The molecule has 0 spiro atoms. The van der Waals surface area contributed by atoms with E-state index in [-0.39, 0.29) is 5.41 Å². The van der Waals surface area contributed by atoms with E-state index in [0.717, 1.165) is 17.3 Å². The van der Waals surface area contributed by atoms with Gasteiger partial charge in [-0.3, -0.25) is 0 Å². The summed E-state index contributed by atoms with van der Waals surface area (Å²) in [7, 11) is 0. The second-order valence-corrected chi connectivity index (χ2v) is 9.20. The first-order valence-corrected chi connectivity index (χ1v) is 10.8. The van der Waals surface area contributed by atoms with Crippen LogP contribution in [0.2, 0.25) is 0 Å². The molecule has 0 N–H and O–H groups in total. The maximum absolute atomic E-state index is 3.65. The van der Waals surface area contributed by atoms with Crippen molar-refractivity contribution in [2.24, 2.45) is 0 Å². The van der Waals surface area contributed by atoms with Gasteiger partial charge in [0.15, 0.2) is 0 Å². The average molecular weight is 427 g/mol. The zero-order chi connectivity index (χ0) is 19.3. The summed E-state index contributed by atoms with van der Waals surface area (Å²) in [6, 6.07) is 22.6. The molecule has 0 fully saturated rings. The molecule has 2 aliphatic carbocycles. The van der Waals surface area contributed by atoms with Crippen molar-refractivity contribution in [1.29, 1.82) is 0 Å². The Hall–Kier alpha value is -2.38. The number of fused-ring (bicyclic) bond motifs is 3. The molecular formula is C27H23Br. The van der Waals surface area contributed by atoms with Crippen LogP contribution in [-0.4, -0.2) is 0 Å². The van der Waals surface area contributed by atoms with Gasteiger partial charge in [-0.1, -0.05) is 90.5 Å². The second-order valence-electron chi connectivity index (χ2n) is 8.28. The summed E-state index contributed by atoms with van der Waals surface area (Å²) in [6.07, 6.45) is 8.95. The fourth-order valence-corrected chi connectivity index (χ4v) is 5.08. The largest absolute Gasteiger partial charge is 0.0842 e. The summed E-state index contributed by atoms with van der Waals surface area (Å²) in [5, 5.41) is 0. The summed E-state index contributed by atoms with van der Waals surface area (Å²) >= 11 is 3.65. The molecule has 0 aromatic heterocycles. The minimum atomic E-state index is 0.00619. The summed E-state index contributed by atoms with van der Waals surface area (Å²) in [4.78, 5) is 0. The van der Waals surface area contributed by atoms with Crippen molar-refractivity contribution >= 4 is 21.5 Å². The zero-order valence-corrected chi connectivity index (χ0v) is 17.9. The molecule has 0 bridgehead atoms. The summed E-state index contributed by atoms with van der Waals surface area (Å²) in [5.74, 6) is 0. The normalized spacial score (nSPS) is 16.5. The van der Waals surface area contributed by atoms with Gasteiger partial charge in [0, 0.05) is 9.89 Å². The van der Waals surface area contributed by atoms with Gasteiger partial charge < -0.3 is 0 Å². The van der Waals surface area contributed by atoms with Gasteiger partial charge in [0.25, 0.3) is 0 Å². The highest BCUT2D eigenvalue weighted by Gasteiger charge is 2.35. The minimum Gasteiger partial charge on any atom is -0.0842 e. The molecule has 5 rings (SSSR count). The highest BCUT2D eigenvalue weighted by molar-refractivity contribution is 9.10. The second kappa shape index (κ2) is 6.60. The Labute approximate surface area is 175 Å². The highest BCUT2D eigenvalue weighted by Crippen LogP contribution is 2.50. The fourth-order valence-electron chi connectivity index (χ4n) is 4.72. The molecule has 0 aliphatic heterocycles. The predicted molar refractivity (Wildman–Crippen MR) is 123 cm³/mol. The highest BCUT2D eigenvalue weighted by atomic mass is 79.9. The molecule has 1 heteroatoms. The van der Waals surface area contributed by atoms with Crippen LogP contribution in [0.4, 0.5) is 0 Å². The van der Waals surface area contributed by atoms with Crippen molar-refractivity contribution in [3.8, 4) is 22.3 Å². The van der Waals surface area contributed by atoms with Crippen LogP contribution >= 0.6 is 15.9 Å². The van der Waals surface area contributed by atoms with Gasteiger partial charge in [0.05, 0.1) is 0 Å². The smallest absolute Gasteiger partial charge is 0.0178 e. The van der Waals surface area contributed by atoms with Gasteiger partial charge in [-0.05, 0) is 75.6 Å². The summed E-state index contributed by atoms with van der Waals surface area (Å²) in [5.41, 5.74) is 11.0. The molecule has 28 heavy (non-hydrogen) atoms. The van der Waals surface area contributed by atoms with Crippen molar-refractivity contribution in [3.63, 3.8) is 0 Å². The molecule has 0 heterocycles. The van der Waals surface area contributed by atoms with Gasteiger partial charge in [0.1, 0.15) is 0 Å². The van der Waals surface area contributed by atoms with E-state index < -0.39 is 0 Å². The Morgan fingerprint density at radius 3 is 2.25 bits per heavy atom. The number of allylic oxidation sites excluding steroid dienone is 4. The first-order valence-electron chi connectivity index (χ1n) is 9.96. The van der Waals surface area contributed by atoms with E-state index in [9.17, 15) is 0 Å². The van der Waals surface area contributed by atoms with Crippen LogP contribution in [0, 0.1) is 0 Å². The number of rotatable bonds is 2.